The van der Waals surface area contributed by atoms with E-state index in [1.165, 1.54) is 6.42 Å². The van der Waals surface area contributed by atoms with Crippen LogP contribution in [-0.4, -0.2) is 26.7 Å². The fraction of sp³-hybridized carbons (Fsp3) is 1.00. The van der Waals surface area contributed by atoms with Gasteiger partial charge in [0.2, 0.25) is 0 Å². The minimum Gasteiger partial charge on any atom is -0.316 e. The number of hydroxylamine groups is 1. The van der Waals surface area contributed by atoms with Crippen LogP contribution in [0.5, 0.6) is 0 Å². The van der Waals surface area contributed by atoms with Crippen LogP contribution in [0.3, 0.4) is 0 Å². The monoisotopic (exact) mass is 130 g/mol. The molecule has 1 rings (SSSR count). The first-order chi connectivity index (χ1) is 4.43. The third-order valence-electron chi connectivity index (χ3n) is 1.68. The van der Waals surface area contributed by atoms with E-state index in [1.807, 2.05) is 0 Å². The number of hydrogen-bond donors (Lipinski definition) is 2. The second-order valence-corrected chi connectivity index (χ2v) is 2.41. The molecule has 3 nitrogen and oxygen atoms in total. The van der Waals surface area contributed by atoms with Crippen LogP contribution in [0.1, 0.15) is 6.42 Å². The summed E-state index contributed by atoms with van der Waals surface area (Å²) in [5, 5.41) is 3.29. The van der Waals surface area contributed by atoms with E-state index in [9.17, 15) is 0 Å². The summed E-state index contributed by atoms with van der Waals surface area (Å²) in [5.74, 6) is 0.768. The fourth-order valence-corrected chi connectivity index (χ4v) is 1.09. The molecular formula is C6H14N2O. The lowest BCUT2D eigenvalue weighted by molar-refractivity contribution is 0.0818. The number of nitrogens with one attached hydrogen (secondary N) is 2. The van der Waals surface area contributed by atoms with Gasteiger partial charge in [-0.1, -0.05) is 0 Å². The van der Waals surface area contributed by atoms with Crippen molar-refractivity contribution in [1.82, 2.24) is 10.8 Å². The van der Waals surface area contributed by atoms with Gasteiger partial charge in [-0.2, -0.15) is 0 Å². The van der Waals surface area contributed by atoms with Crippen molar-refractivity contribution in [3.8, 4) is 0 Å². The Balaban J connectivity index is 1.98. The summed E-state index contributed by atoms with van der Waals surface area (Å²) in [4.78, 5) is 4.73. The first kappa shape index (κ1) is 6.99. The van der Waals surface area contributed by atoms with Crippen LogP contribution in [0.2, 0.25) is 0 Å². The van der Waals surface area contributed by atoms with Gasteiger partial charge in [0.05, 0.1) is 7.11 Å². The maximum absolute atomic E-state index is 4.73. The summed E-state index contributed by atoms with van der Waals surface area (Å²) in [6.45, 7) is 3.27. The molecule has 0 aliphatic carbocycles. The molecule has 3 heteroatoms. The highest BCUT2D eigenvalue weighted by atomic mass is 16.6. The lowest BCUT2D eigenvalue weighted by Crippen LogP contribution is -2.23. The van der Waals surface area contributed by atoms with Gasteiger partial charge in [0.1, 0.15) is 0 Å². The molecule has 1 saturated heterocycles. The summed E-state index contributed by atoms with van der Waals surface area (Å²) in [6.07, 6.45) is 1.27. The standard InChI is InChI=1S/C6H14N2O/c1-9-8-5-6-2-3-7-4-6/h6-8H,2-5H2,1H3. The molecule has 1 heterocycles. The molecule has 54 valence electrons. The van der Waals surface area contributed by atoms with Crippen LogP contribution in [0.4, 0.5) is 0 Å². The van der Waals surface area contributed by atoms with Crippen LogP contribution in [-0.2, 0) is 4.84 Å². The molecule has 0 aromatic carbocycles. The van der Waals surface area contributed by atoms with Gasteiger partial charge in [-0.05, 0) is 25.4 Å². The Kier molecular flexibility index (Phi) is 2.97. The Morgan fingerprint density at radius 2 is 2.67 bits per heavy atom. The van der Waals surface area contributed by atoms with Gasteiger partial charge in [-0.3, -0.25) is 0 Å². The molecule has 1 aliphatic heterocycles. The van der Waals surface area contributed by atoms with Crippen molar-refractivity contribution in [2.24, 2.45) is 5.92 Å². The molecule has 1 fully saturated rings. The van der Waals surface area contributed by atoms with E-state index in [4.69, 9.17) is 4.84 Å². The summed E-state index contributed by atoms with van der Waals surface area (Å²) >= 11 is 0. The van der Waals surface area contributed by atoms with E-state index in [2.05, 4.69) is 10.8 Å². The summed E-state index contributed by atoms with van der Waals surface area (Å²) in [6, 6.07) is 0. The van der Waals surface area contributed by atoms with E-state index in [1.54, 1.807) is 7.11 Å². The van der Waals surface area contributed by atoms with Crippen molar-refractivity contribution in [2.45, 2.75) is 6.42 Å². The highest BCUT2D eigenvalue weighted by Gasteiger charge is 2.12. The van der Waals surface area contributed by atoms with E-state index in [0.717, 1.165) is 25.6 Å². The average molecular weight is 130 g/mol. The third-order valence-corrected chi connectivity index (χ3v) is 1.68. The van der Waals surface area contributed by atoms with Crippen molar-refractivity contribution in [3.05, 3.63) is 0 Å². The quantitative estimate of drug-likeness (QED) is 0.517. The van der Waals surface area contributed by atoms with Crippen LogP contribution in [0.25, 0.3) is 0 Å². The number of rotatable bonds is 3. The molecule has 0 radical (unpaired) electrons. The van der Waals surface area contributed by atoms with E-state index in [-0.39, 0.29) is 0 Å². The smallest absolute Gasteiger partial charge is 0.0572 e. The lowest BCUT2D eigenvalue weighted by Gasteiger charge is -2.06. The van der Waals surface area contributed by atoms with Gasteiger partial charge in [-0.25, -0.2) is 5.48 Å². The topological polar surface area (TPSA) is 33.3 Å². The summed E-state index contributed by atoms with van der Waals surface area (Å²) < 4.78 is 0. The first-order valence-electron chi connectivity index (χ1n) is 3.40. The van der Waals surface area contributed by atoms with Crippen LogP contribution >= 0.6 is 0 Å². The van der Waals surface area contributed by atoms with Gasteiger partial charge in [0, 0.05) is 6.54 Å². The normalized spacial score (nSPS) is 27.0. The minimum atomic E-state index is 0.768. The molecule has 0 bridgehead atoms. The average Bonchev–Trinajstić information content (AvgIpc) is 2.34. The van der Waals surface area contributed by atoms with Gasteiger partial charge in [0.15, 0.2) is 0 Å². The molecular weight excluding hydrogens is 116 g/mol. The molecule has 2 N–H and O–H groups in total. The van der Waals surface area contributed by atoms with E-state index < -0.39 is 0 Å². The van der Waals surface area contributed by atoms with Gasteiger partial charge in [0.25, 0.3) is 0 Å². The molecule has 1 unspecified atom stereocenters. The fourth-order valence-electron chi connectivity index (χ4n) is 1.09. The Labute approximate surface area is 55.7 Å². The van der Waals surface area contributed by atoms with Crippen molar-refractivity contribution in [2.75, 3.05) is 26.7 Å². The highest BCUT2D eigenvalue weighted by Crippen LogP contribution is 2.04. The van der Waals surface area contributed by atoms with Crippen molar-refractivity contribution >= 4 is 0 Å². The maximum Gasteiger partial charge on any atom is 0.0572 e. The van der Waals surface area contributed by atoms with Crippen LogP contribution < -0.4 is 10.8 Å². The van der Waals surface area contributed by atoms with Crippen LogP contribution in [0.15, 0.2) is 0 Å². The Morgan fingerprint density at radius 1 is 1.78 bits per heavy atom. The molecule has 0 saturated carbocycles. The molecule has 0 amide bonds. The molecule has 9 heavy (non-hydrogen) atoms. The predicted octanol–water partition coefficient (Wildman–Crippen LogP) is -0.253. The molecule has 1 atom stereocenters. The second-order valence-electron chi connectivity index (χ2n) is 2.41. The molecule has 0 aromatic rings. The zero-order chi connectivity index (χ0) is 6.53. The molecule has 0 spiro atoms. The summed E-state index contributed by atoms with van der Waals surface area (Å²) in [7, 11) is 1.66. The third kappa shape index (κ3) is 2.30. The predicted molar refractivity (Wildman–Crippen MR) is 36.0 cm³/mol. The van der Waals surface area contributed by atoms with Gasteiger partial charge >= 0.3 is 0 Å². The Morgan fingerprint density at radius 3 is 3.22 bits per heavy atom. The Hall–Kier alpha value is -0.120. The van der Waals surface area contributed by atoms with Gasteiger partial charge in [-0.15, -0.1) is 0 Å². The molecule has 0 aromatic heterocycles. The Bertz CT molecular complexity index is 71.5. The maximum atomic E-state index is 4.73. The first-order valence-corrected chi connectivity index (χ1v) is 3.40. The lowest BCUT2D eigenvalue weighted by atomic mass is 10.1. The summed E-state index contributed by atoms with van der Waals surface area (Å²) in [5.41, 5.74) is 2.85. The van der Waals surface area contributed by atoms with E-state index in [0.29, 0.717) is 0 Å². The zero-order valence-corrected chi connectivity index (χ0v) is 5.81. The van der Waals surface area contributed by atoms with Crippen LogP contribution in [0, 0.1) is 5.92 Å². The van der Waals surface area contributed by atoms with Crippen molar-refractivity contribution in [1.29, 1.82) is 0 Å². The largest absolute Gasteiger partial charge is 0.316 e. The zero-order valence-electron chi connectivity index (χ0n) is 5.81. The van der Waals surface area contributed by atoms with Crippen molar-refractivity contribution in [3.63, 3.8) is 0 Å². The second kappa shape index (κ2) is 3.82. The SMILES string of the molecule is CONCC1CCNC1. The minimum absolute atomic E-state index is 0.768. The highest BCUT2D eigenvalue weighted by molar-refractivity contribution is 4.71. The van der Waals surface area contributed by atoms with Crippen molar-refractivity contribution < 1.29 is 4.84 Å². The van der Waals surface area contributed by atoms with E-state index >= 15 is 0 Å². The molecule has 1 aliphatic rings. The van der Waals surface area contributed by atoms with Gasteiger partial charge < -0.3 is 10.2 Å². The number of hydrogen-bond acceptors (Lipinski definition) is 3.